The Morgan fingerprint density at radius 2 is 1.56 bits per heavy atom. The zero-order valence-corrected chi connectivity index (χ0v) is 19.0. The Kier molecular flexibility index (Phi) is 5.80. The van der Waals surface area contributed by atoms with Crippen LogP contribution in [-0.4, -0.2) is 34.1 Å². The van der Waals surface area contributed by atoms with Gasteiger partial charge in [-0.15, -0.1) is 0 Å². The fourth-order valence-corrected chi connectivity index (χ4v) is 4.26. The van der Waals surface area contributed by atoms with Crippen LogP contribution >= 0.6 is 11.8 Å². The van der Waals surface area contributed by atoms with Crippen LogP contribution in [0.25, 0.3) is 0 Å². The molecular formula is C22H34N2O2S. The SMILES string of the molecule is C=C1SC(c2cc(C(C)(C)C)c(O)c(C(C)(C)C)c2)C(=O)N1N(C)C(C)C. The highest BCUT2D eigenvalue weighted by Crippen LogP contribution is 2.48. The molecular weight excluding hydrogens is 356 g/mol. The molecule has 1 unspecified atom stereocenters. The minimum Gasteiger partial charge on any atom is -0.507 e. The molecule has 1 aliphatic rings. The first-order chi connectivity index (χ1) is 12.2. The van der Waals surface area contributed by atoms with Gasteiger partial charge in [0.1, 0.15) is 11.0 Å². The summed E-state index contributed by atoms with van der Waals surface area (Å²) in [5, 5.41) is 14.9. The predicted octanol–water partition coefficient (Wildman–Crippen LogP) is 5.33. The second-order valence-electron chi connectivity index (χ2n) is 9.67. The molecule has 1 fully saturated rings. The molecule has 0 saturated carbocycles. The van der Waals surface area contributed by atoms with Crippen molar-refractivity contribution in [2.45, 2.75) is 77.5 Å². The van der Waals surface area contributed by atoms with Crippen molar-refractivity contribution in [3.63, 3.8) is 0 Å². The van der Waals surface area contributed by atoms with Crippen LogP contribution in [0.1, 0.15) is 77.3 Å². The van der Waals surface area contributed by atoms with E-state index in [0.29, 0.717) is 5.75 Å². The van der Waals surface area contributed by atoms with Crippen molar-refractivity contribution in [2.75, 3.05) is 7.05 Å². The van der Waals surface area contributed by atoms with Crippen molar-refractivity contribution in [1.29, 1.82) is 0 Å². The lowest BCUT2D eigenvalue weighted by Gasteiger charge is -2.31. The number of nitrogens with zero attached hydrogens (tertiary/aromatic N) is 2. The number of phenolic OH excluding ortho intramolecular Hbond substituents is 1. The number of hydrogen-bond donors (Lipinski definition) is 1. The van der Waals surface area contributed by atoms with E-state index in [9.17, 15) is 9.90 Å². The van der Waals surface area contributed by atoms with Gasteiger partial charge in [0.15, 0.2) is 0 Å². The van der Waals surface area contributed by atoms with Gasteiger partial charge in [-0.1, -0.05) is 59.9 Å². The van der Waals surface area contributed by atoms with Gasteiger partial charge in [-0.25, -0.2) is 10.0 Å². The number of carbonyl (C=O) groups is 1. The summed E-state index contributed by atoms with van der Waals surface area (Å²) in [6.45, 7) is 20.7. The Labute approximate surface area is 168 Å². The molecule has 5 heteroatoms. The molecule has 1 aliphatic heterocycles. The third-order valence-electron chi connectivity index (χ3n) is 5.04. The number of thioether (sulfide) groups is 1. The Morgan fingerprint density at radius 3 is 1.93 bits per heavy atom. The average Bonchev–Trinajstić information content (AvgIpc) is 2.79. The third kappa shape index (κ3) is 4.19. The number of hydrazine groups is 1. The van der Waals surface area contributed by atoms with Gasteiger partial charge in [0.25, 0.3) is 5.91 Å². The quantitative estimate of drug-likeness (QED) is 0.757. The van der Waals surface area contributed by atoms with Crippen LogP contribution < -0.4 is 0 Å². The van der Waals surface area contributed by atoms with Gasteiger partial charge in [0.2, 0.25) is 0 Å². The van der Waals surface area contributed by atoms with Crippen LogP contribution in [-0.2, 0) is 15.6 Å². The molecule has 2 rings (SSSR count). The molecule has 4 nitrogen and oxygen atoms in total. The van der Waals surface area contributed by atoms with Crippen LogP contribution in [0.15, 0.2) is 23.7 Å². The van der Waals surface area contributed by atoms with Crippen molar-refractivity contribution in [2.24, 2.45) is 0 Å². The number of hydrogen-bond acceptors (Lipinski definition) is 4. The number of benzene rings is 1. The molecule has 1 heterocycles. The molecule has 1 N–H and O–H groups in total. The fraction of sp³-hybridized carbons (Fsp3) is 0.591. The highest BCUT2D eigenvalue weighted by atomic mass is 32.2. The monoisotopic (exact) mass is 390 g/mol. The lowest BCUT2D eigenvalue weighted by atomic mass is 9.78. The van der Waals surface area contributed by atoms with E-state index in [2.05, 4.69) is 62.0 Å². The van der Waals surface area contributed by atoms with E-state index in [1.165, 1.54) is 11.8 Å². The maximum atomic E-state index is 13.2. The van der Waals surface area contributed by atoms with Gasteiger partial charge >= 0.3 is 0 Å². The van der Waals surface area contributed by atoms with Gasteiger partial charge < -0.3 is 5.11 Å². The molecule has 0 spiro atoms. The van der Waals surface area contributed by atoms with Crippen LogP contribution in [0.5, 0.6) is 5.75 Å². The molecule has 0 bridgehead atoms. The lowest BCUT2D eigenvalue weighted by Crippen LogP contribution is -2.44. The van der Waals surface area contributed by atoms with E-state index >= 15 is 0 Å². The molecule has 1 saturated heterocycles. The van der Waals surface area contributed by atoms with Gasteiger partial charge in [-0.05, 0) is 53.5 Å². The lowest BCUT2D eigenvalue weighted by molar-refractivity contribution is -0.141. The average molecular weight is 391 g/mol. The Morgan fingerprint density at radius 1 is 1.11 bits per heavy atom. The first kappa shape index (κ1) is 21.8. The highest BCUT2D eigenvalue weighted by molar-refractivity contribution is 8.04. The summed E-state index contributed by atoms with van der Waals surface area (Å²) in [4.78, 5) is 13.2. The summed E-state index contributed by atoms with van der Waals surface area (Å²) in [7, 11) is 1.91. The van der Waals surface area contributed by atoms with Crippen molar-refractivity contribution in [3.8, 4) is 5.75 Å². The number of aromatic hydroxyl groups is 1. The normalized spacial score (nSPS) is 18.9. The van der Waals surface area contributed by atoms with Crippen LogP contribution in [0.3, 0.4) is 0 Å². The number of amides is 1. The summed E-state index contributed by atoms with van der Waals surface area (Å²) in [6, 6.07) is 4.18. The molecule has 0 aliphatic carbocycles. The van der Waals surface area contributed by atoms with Crippen molar-refractivity contribution in [1.82, 2.24) is 10.0 Å². The zero-order chi connectivity index (χ0) is 20.9. The summed E-state index contributed by atoms with van der Waals surface area (Å²) in [5.74, 6) is 0.357. The van der Waals surface area contributed by atoms with Gasteiger partial charge in [0.05, 0.1) is 5.03 Å². The summed E-state index contributed by atoms with van der Waals surface area (Å²) in [6.07, 6.45) is 0. The maximum absolute atomic E-state index is 13.2. The van der Waals surface area contributed by atoms with E-state index in [-0.39, 0.29) is 28.0 Å². The number of phenols is 1. The van der Waals surface area contributed by atoms with Gasteiger partial charge in [-0.3, -0.25) is 4.79 Å². The minimum absolute atomic E-state index is 0.0200. The first-order valence-corrected chi connectivity index (χ1v) is 10.3. The molecule has 1 aromatic carbocycles. The fourth-order valence-electron chi connectivity index (χ4n) is 3.19. The number of rotatable bonds is 3. The Hall–Kier alpha value is -1.46. The summed E-state index contributed by atoms with van der Waals surface area (Å²) >= 11 is 1.48. The predicted molar refractivity (Wildman–Crippen MR) is 115 cm³/mol. The van der Waals surface area contributed by atoms with Crippen LogP contribution in [0.4, 0.5) is 0 Å². The van der Waals surface area contributed by atoms with E-state index in [1.807, 2.05) is 24.2 Å². The molecule has 0 radical (unpaired) electrons. The zero-order valence-electron chi connectivity index (χ0n) is 18.2. The summed E-state index contributed by atoms with van der Waals surface area (Å²) < 4.78 is 0. The first-order valence-electron chi connectivity index (χ1n) is 9.46. The van der Waals surface area contributed by atoms with Gasteiger partial charge in [-0.2, -0.15) is 0 Å². The molecule has 0 aromatic heterocycles. The van der Waals surface area contributed by atoms with Crippen LogP contribution in [0, 0.1) is 0 Å². The number of carbonyl (C=O) groups excluding carboxylic acids is 1. The second-order valence-corrected chi connectivity index (χ2v) is 10.9. The van der Waals surface area contributed by atoms with Crippen molar-refractivity contribution < 1.29 is 9.90 Å². The maximum Gasteiger partial charge on any atom is 0.260 e. The van der Waals surface area contributed by atoms with E-state index in [0.717, 1.165) is 21.7 Å². The smallest absolute Gasteiger partial charge is 0.260 e. The van der Waals surface area contributed by atoms with E-state index in [4.69, 9.17) is 0 Å². The van der Waals surface area contributed by atoms with Crippen molar-refractivity contribution >= 4 is 17.7 Å². The molecule has 27 heavy (non-hydrogen) atoms. The Balaban J connectivity index is 2.59. The molecule has 1 aromatic rings. The minimum atomic E-state index is -0.346. The molecule has 1 atom stereocenters. The molecule has 1 amide bonds. The summed E-state index contributed by atoms with van der Waals surface area (Å²) in [5.41, 5.74) is 2.23. The third-order valence-corrected chi connectivity index (χ3v) is 6.19. The standard InChI is InChI=1S/C22H34N2O2S/c1-13(2)23(10)24-14(3)27-19(20(24)26)15-11-16(21(4,5)6)18(25)17(12-15)22(7,8)9/h11-13,19,25H,3H2,1-2,4-10H3. The van der Waals surface area contributed by atoms with Crippen LogP contribution in [0.2, 0.25) is 0 Å². The second kappa shape index (κ2) is 7.17. The largest absolute Gasteiger partial charge is 0.507 e. The van der Waals surface area contributed by atoms with Gasteiger partial charge in [0, 0.05) is 13.1 Å². The Bertz CT molecular complexity index is 722. The van der Waals surface area contributed by atoms with E-state index in [1.54, 1.807) is 5.01 Å². The van der Waals surface area contributed by atoms with Crippen molar-refractivity contribution in [3.05, 3.63) is 40.4 Å². The highest BCUT2D eigenvalue weighted by Gasteiger charge is 2.41. The molecule has 150 valence electrons. The van der Waals surface area contributed by atoms with E-state index < -0.39 is 0 Å². The topological polar surface area (TPSA) is 43.8 Å².